The molecule has 4 nitrogen and oxygen atoms in total. The molecule has 1 heterocycles. The van der Waals surface area contributed by atoms with Gasteiger partial charge >= 0.3 is 0 Å². The third kappa shape index (κ3) is 2.69. The van der Waals surface area contributed by atoms with Gasteiger partial charge in [0.25, 0.3) is 0 Å². The van der Waals surface area contributed by atoms with E-state index in [1.165, 1.54) is 5.69 Å². The molecule has 1 aromatic heterocycles. The Morgan fingerprint density at radius 2 is 2.00 bits per heavy atom. The lowest BCUT2D eigenvalue weighted by Gasteiger charge is -2.08. The molecule has 0 spiro atoms. The van der Waals surface area contributed by atoms with Gasteiger partial charge in [-0.3, -0.25) is 0 Å². The van der Waals surface area contributed by atoms with Crippen molar-refractivity contribution < 1.29 is 4.74 Å². The van der Waals surface area contributed by atoms with E-state index in [0.717, 1.165) is 18.0 Å². The first kappa shape index (κ1) is 12.2. The summed E-state index contributed by atoms with van der Waals surface area (Å²) in [5, 5.41) is 8.68. The van der Waals surface area contributed by atoms with Gasteiger partial charge in [-0.05, 0) is 38.1 Å². The van der Waals surface area contributed by atoms with Gasteiger partial charge in [-0.25, -0.2) is 4.98 Å². The van der Waals surface area contributed by atoms with E-state index in [4.69, 9.17) is 10.00 Å². The van der Waals surface area contributed by atoms with Gasteiger partial charge in [-0.15, -0.1) is 0 Å². The van der Waals surface area contributed by atoms with Gasteiger partial charge in [0.1, 0.15) is 12.4 Å². The van der Waals surface area contributed by atoms with Crippen LogP contribution >= 0.6 is 0 Å². The number of imidazole rings is 1. The zero-order chi connectivity index (χ0) is 13.0. The summed E-state index contributed by atoms with van der Waals surface area (Å²) >= 11 is 0. The van der Waals surface area contributed by atoms with Crippen LogP contribution in [0.4, 0.5) is 0 Å². The van der Waals surface area contributed by atoms with E-state index in [0.29, 0.717) is 12.2 Å². The molecule has 0 bridgehead atoms. The standard InChI is InChI=1S/C14H15N3O/c1-11-12(2)17(10-16-11)7-8-18-14-5-3-13(9-15)4-6-14/h3-6,10H,7-8H2,1-2H3. The topological polar surface area (TPSA) is 50.8 Å². The Balaban J connectivity index is 1.88. The van der Waals surface area contributed by atoms with Crippen LogP contribution in [-0.4, -0.2) is 16.2 Å². The van der Waals surface area contributed by atoms with Crippen molar-refractivity contribution in [2.75, 3.05) is 6.61 Å². The summed E-state index contributed by atoms with van der Waals surface area (Å²) in [5.74, 6) is 0.781. The molecule has 18 heavy (non-hydrogen) atoms. The summed E-state index contributed by atoms with van der Waals surface area (Å²) in [6.07, 6.45) is 1.83. The number of hydrogen-bond donors (Lipinski definition) is 0. The predicted molar refractivity (Wildman–Crippen MR) is 68.4 cm³/mol. The Labute approximate surface area is 106 Å². The summed E-state index contributed by atoms with van der Waals surface area (Å²) in [7, 11) is 0. The molecule has 2 rings (SSSR count). The Kier molecular flexibility index (Phi) is 3.63. The molecular weight excluding hydrogens is 226 g/mol. The highest BCUT2D eigenvalue weighted by atomic mass is 16.5. The second kappa shape index (κ2) is 5.37. The first-order chi connectivity index (χ1) is 8.70. The smallest absolute Gasteiger partial charge is 0.119 e. The van der Waals surface area contributed by atoms with Crippen molar-refractivity contribution in [1.29, 1.82) is 5.26 Å². The molecule has 0 N–H and O–H groups in total. The number of nitriles is 1. The first-order valence-electron chi connectivity index (χ1n) is 5.82. The van der Waals surface area contributed by atoms with E-state index in [9.17, 15) is 0 Å². The van der Waals surface area contributed by atoms with Crippen molar-refractivity contribution in [3.8, 4) is 11.8 Å². The lowest BCUT2D eigenvalue weighted by atomic mass is 10.2. The molecule has 0 unspecified atom stereocenters. The van der Waals surface area contributed by atoms with Crippen LogP contribution in [0.25, 0.3) is 0 Å². The fourth-order valence-corrected chi connectivity index (χ4v) is 1.66. The van der Waals surface area contributed by atoms with Gasteiger partial charge in [0.05, 0.1) is 30.2 Å². The van der Waals surface area contributed by atoms with E-state index in [1.54, 1.807) is 12.1 Å². The molecule has 1 aromatic carbocycles. The number of hydrogen-bond acceptors (Lipinski definition) is 3. The minimum absolute atomic E-state index is 0.586. The van der Waals surface area contributed by atoms with E-state index >= 15 is 0 Å². The quantitative estimate of drug-likeness (QED) is 0.826. The molecule has 0 amide bonds. The Morgan fingerprint density at radius 1 is 1.28 bits per heavy atom. The molecule has 0 saturated carbocycles. The highest BCUT2D eigenvalue weighted by Crippen LogP contribution is 2.12. The summed E-state index contributed by atoms with van der Waals surface area (Å²) < 4.78 is 7.68. The maximum Gasteiger partial charge on any atom is 0.119 e. The van der Waals surface area contributed by atoms with Crippen molar-refractivity contribution >= 4 is 0 Å². The largest absolute Gasteiger partial charge is 0.492 e. The van der Waals surface area contributed by atoms with E-state index in [2.05, 4.69) is 15.6 Å². The number of benzene rings is 1. The fraction of sp³-hybridized carbons (Fsp3) is 0.286. The number of aromatic nitrogens is 2. The molecule has 0 aliphatic rings. The summed E-state index contributed by atoms with van der Waals surface area (Å²) in [6.45, 7) is 5.40. The second-order valence-electron chi connectivity index (χ2n) is 4.09. The Hall–Kier alpha value is -2.28. The number of ether oxygens (including phenoxy) is 1. The van der Waals surface area contributed by atoms with Crippen LogP contribution in [0.1, 0.15) is 17.0 Å². The number of nitrogens with zero attached hydrogens (tertiary/aromatic N) is 3. The van der Waals surface area contributed by atoms with E-state index in [1.807, 2.05) is 32.3 Å². The zero-order valence-corrected chi connectivity index (χ0v) is 10.6. The third-order valence-electron chi connectivity index (χ3n) is 2.93. The van der Waals surface area contributed by atoms with Crippen molar-refractivity contribution in [3.05, 3.63) is 47.5 Å². The van der Waals surface area contributed by atoms with E-state index < -0.39 is 0 Å². The molecule has 0 saturated heterocycles. The van der Waals surface area contributed by atoms with Crippen LogP contribution in [0.15, 0.2) is 30.6 Å². The lowest BCUT2D eigenvalue weighted by molar-refractivity contribution is 0.297. The van der Waals surface area contributed by atoms with Gasteiger partial charge in [0.15, 0.2) is 0 Å². The van der Waals surface area contributed by atoms with Crippen molar-refractivity contribution in [2.24, 2.45) is 0 Å². The van der Waals surface area contributed by atoms with Gasteiger partial charge in [-0.1, -0.05) is 0 Å². The minimum Gasteiger partial charge on any atom is -0.492 e. The fourth-order valence-electron chi connectivity index (χ4n) is 1.66. The van der Waals surface area contributed by atoms with Crippen molar-refractivity contribution in [2.45, 2.75) is 20.4 Å². The van der Waals surface area contributed by atoms with Crippen LogP contribution in [0.3, 0.4) is 0 Å². The molecule has 0 aliphatic heterocycles. The van der Waals surface area contributed by atoms with Crippen LogP contribution in [0, 0.1) is 25.2 Å². The molecule has 0 atom stereocenters. The first-order valence-corrected chi connectivity index (χ1v) is 5.82. The van der Waals surface area contributed by atoms with Crippen LogP contribution in [0.2, 0.25) is 0 Å². The summed E-state index contributed by atoms with van der Waals surface area (Å²) in [6, 6.07) is 9.20. The SMILES string of the molecule is Cc1ncn(CCOc2ccc(C#N)cc2)c1C. The second-order valence-corrected chi connectivity index (χ2v) is 4.09. The number of aryl methyl sites for hydroxylation is 1. The van der Waals surface area contributed by atoms with Gasteiger partial charge < -0.3 is 9.30 Å². The van der Waals surface area contributed by atoms with Gasteiger partial charge in [0, 0.05) is 5.69 Å². The van der Waals surface area contributed by atoms with Gasteiger partial charge in [-0.2, -0.15) is 5.26 Å². The molecule has 0 radical (unpaired) electrons. The van der Waals surface area contributed by atoms with Crippen molar-refractivity contribution in [1.82, 2.24) is 9.55 Å². The molecular formula is C14H15N3O. The average Bonchev–Trinajstić information content (AvgIpc) is 2.71. The van der Waals surface area contributed by atoms with Crippen LogP contribution < -0.4 is 4.74 Å². The Morgan fingerprint density at radius 3 is 2.56 bits per heavy atom. The monoisotopic (exact) mass is 241 g/mol. The lowest BCUT2D eigenvalue weighted by Crippen LogP contribution is -2.08. The minimum atomic E-state index is 0.586. The molecule has 92 valence electrons. The highest BCUT2D eigenvalue weighted by molar-refractivity contribution is 5.34. The summed E-state index contributed by atoms with van der Waals surface area (Å²) in [5.41, 5.74) is 2.86. The molecule has 0 fully saturated rings. The molecule has 4 heteroatoms. The highest BCUT2D eigenvalue weighted by Gasteiger charge is 2.01. The average molecular weight is 241 g/mol. The maximum atomic E-state index is 8.68. The number of rotatable bonds is 4. The van der Waals surface area contributed by atoms with Gasteiger partial charge in [0.2, 0.25) is 0 Å². The maximum absolute atomic E-state index is 8.68. The zero-order valence-electron chi connectivity index (χ0n) is 10.6. The normalized spacial score (nSPS) is 10.1. The van der Waals surface area contributed by atoms with Crippen LogP contribution in [-0.2, 0) is 6.54 Å². The molecule has 2 aromatic rings. The van der Waals surface area contributed by atoms with Crippen molar-refractivity contribution in [3.63, 3.8) is 0 Å². The third-order valence-corrected chi connectivity index (χ3v) is 2.93. The van der Waals surface area contributed by atoms with Crippen LogP contribution in [0.5, 0.6) is 5.75 Å². The van der Waals surface area contributed by atoms with E-state index in [-0.39, 0.29) is 0 Å². The molecule has 0 aliphatic carbocycles. The predicted octanol–water partition coefficient (Wildman–Crippen LogP) is 2.45. The summed E-state index contributed by atoms with van der Waals surface area (Å²) in [4.78, 5) is 4.24. The Bertz CT molecular complexity index is 564.